The number of nitrogens with one attached hydrogen (secondary N) is 1. The third-order valence-electron chi connectivity index (χ3n) is 2.45. The SMILES string of the molecule is Cc1cc(NC(=O)c2cc(N)cc(Br)c2)cnc1Cl. The number of aryl methyl sites for hydroxylation is 1. The predicted molar refractivity (Wildman–Crippen MR) is 80.5 cm³/mol. The van der Waals surface area contributed by atoms with Crippen LogP contribution in [0.2, 0.25) is 5.15 Å². The summed E-state index contributed by atoms with van der Waals surface area (Å²) in [5.41, 5.74) is 8.07. The summed E-state index contributed by atoms with van der Waals surface area (Å²) in [6.45, 7) is 1.82. The van der Waals surface area contributed by atoms with Crippen LogP contribution >= 0.6 is 27.5 Å². The molecular weight excluding hydrogens is 330 g/mol. The Morgan fingerprint density at radius 3 is 2.74 bits per heavy atom. The Kier molecular flexibility index (Phi) is 4.07. The van der Waals surface area contributed by atoms with E-state index in [9.17, 15) is 4.79 Å². The average Bonchev–Trinajstić information content (AvgIpc) is 2.32. The first-order valence-electron chi connectivity index (χ1n) is 5.45. The van der Waals surface area contributed by atoms with Gasteiger partial charge in [0.1, 0.15) is 5.15 Å². The van der Waals surface area contributed by atoms with Crippen molar-refractivity contribution in [3.63, 3.8) is 0 Å². The summed E-state index contributed by atoms with van der Waals surface area (Å²) in [7, 11) is 0. The van der Waals surface area contributed by atoms with Crippen molar-refractivity contribution < 1.29 is 4.79 Å². The Morgan fingerprint density at radius 2 is 2.11 bits per heavy atom. The molecule has 4 nitrogen and oxygen atoms in total. The van der Waals surface area contributed by atoms with Crippen LogP contribution in [0.4, 0.5) is 11.4 Å². The molecular formula is C13H11BrClN3O. The molecule has 0 radical (unpaired) electrons. The number of anilines is 2. The molecule has 98 valence electrons. The van der Waals surface area contributed by atoms with Gasteiger partial charge in [0.25, 0.3) is 5.91 Å². The van der Waals surface area contributed by atoms with Gasteiger partial charge in [0.2, 0.25) is 0 Å². The number of nitrogens with two attached hydrogens (primary N) is 1. The summed E-state index contributed by atoms with van der Waals surface area (Å²) in [4.78, 5) is 16.0. The van der Waals surface area contributed by atoms with Gasteiger partial charge in [-0.25, -0.2) is 4.98 Å². The smallest absolute Gasteiger partial charge is 0.255 e. The second-order valence-corrected chi connectivity index (χ2v) is 5.33. The molecule has 19 heavy (non-hydrogen) atoms. The number of hydrogen-bond donors (Lipinski definition) is 2. The van der Waals surface area contributed by atoms with Gasteiger partial charge < -0.3 is 11.1 Å². The van der Waals surface area contributed by atoms with Crippen molar-refractivity contribution >= 4 is 44.8 Å². The second kappa shape index (κ2) is 5.59. The van der Waals surface area contributed by atoms with E-state index in [4.69, 9.17) is 17.3 Å². The molecule has 2 rings (SSSR count). The lowest BCUT2D eigenvalue weighted by atomic mass is 10.2. The molecule has 6 heteroatoms. The van der Waals surface area contributed by atoms with Crippen molar-refractivity contribution in [3.05, 3.63) is 51.2 Å². The molecule has 1 aromatic heterocycles. The van der Waals surface area contributed by atoms with Gasteiger partial charge in [-0.2, -0.15) is 0 Å². The maximum Gasteiger partial charge on any atom is 0.255 e. The molecule has 1 amide bonds. The number of carbonyl (C=O) groups excluding carboxylic acids is 1. The molecule has 0 bridgehead atoms. The molecule has 0 saturated heterocycles. The van der Waals surface area contributed by atoms with Crippen molar-refractivity contribution in [2.45, 2.75) is 6.92 Å². The fourth-order valence-corrected chi connectivity index (χ4v) is 2.19. The second-order valence-electron chi connectivity index (χ2n) is 4.06. The molecule has 0 aliphatic carbocycles. The first kappa shape index (κ1) is 13.8. The van der Waals surface area contributed by atoms with Crippen LogP contribution in [0.3, 0.4) is 0 Å². The monoisotopic (exact) mass is 339 g/mol. The van der Waals surface area contributed by atoms with Gasteiger partial charge in [0.05, 0.1) is 11.9 Å². The number of rotatable bonds is 2. The molecule has 0 unspecified atom stereocenters. The molecule has 0 aliphatic rings. The lowest BCUT2D eigenvalue weighted by Gasteiger charge is -2.07. The standard InChI is InChI=1S/C13H11BrClN3O/c1-7-2-11(6-17-12(7)15)18-13(19)8-3-9(14)5-10(16)4-8/h2-6H,16H2,1H3,(H,18,19). The third kappa shape index (κ3) is 3.45. The van der Waals surface area contributed by atoms with Crippen LogP contribution < -0.4 is 11.1 Å². The van der Waals surface area contributed by atoms with Gasteiger partial charge in [0, 0.05) is 15.7 Å². The molecule has 1 aromatic carbocycles. The molecule has 1 heterocycles. The Morgan fingerprint density at radius 1 is 1.37 bits per heavy atom. The number of hydrogen-bond acceptors (Lipinski definition) is 3. The van der Waals surface area contributed by atoms with Crippen molar-refractivity contribution in [2.75, 3.05) is 11.1 Å². The number of aromatic nitrogens is 1. The van der Waals surface area contributed by atoms with E-state index in [0.717, 1.165) is 10.0 Å². The van der Waals surface area contributed by atoms with Crippen molar-refractivity contribution in [2.24, 2.45) is 0 Å². The first-order valence-corrected chi connectivity index (χ1v) is 6.62. The molecule has 3 N–H and O–H groups in total. The van der Waals surface area contributed by atoms with Crippen LogP contribution in [0, 0.1) is 6.92 Å². The normalized spacial score (nSPS) is 10.3. The van der Waals surface area contributed by atoms with Gasteiger partial charge >= 0.3 is 0 Å². The molecule has 0 saturated carbocycles. The Labute approximate surface area is 124 Å². The van der Waals surface area contributed by atoms with E-state index in [1.165, 1.54) is 6.20 Å². The fourth-order valence-electron chi connectivity index (χ4n) is 1.57. The zero-order valence-corrected chi connectivity index (χ0v) is 12.4. The van der Waals surface area contributed by atoms with E-state index >= 15 is 0 Å². The molecule has 0 atom stereocenters. The topological polar surface area (TPSA) is 68.0 Å². The number of amides is 1. The van der Waals surface area contributed by atoms with E-state index in [2.05, 4.69) is 26.2 Å². The largest absolute Gasteiger partial charge is 0.399 e. The summed E-state index contributed by atoms with van der Waals surface area (Å²) < 4.78 is 0.753. The number of nitrogen functional groups attached to an aromatic ring is 1. The highest BCUT2D eigenvalue weighted by molar-refractivity contribution is 9.10. The van der Waals surface area contributed by atoms with Crippen LogP contribution in [0.1, 0.15) is 15.9 Å². The van der Waals surface area contributed by atoms with E-state index in [-0.39, 0.29) is 5.91 Å². The Hall–Kier alpha value is -1.59. The van der Waals surface area contributed by atoms with Gasteiger partial charge in [-0.3, -0.25) is 4.79 Å². The van der Waals surface area contributed by atoms with Crippen LogP contribution in [0.15, 0.2) is 34.9 Å². The van der Waals surface area contributed by atoms with Gasteiger partial charge in [0.15, 0.2) is 0 Å². The fraction of sp³-hybridized carbons (Fsp3) is 0.0769. The quantitative estimate of drug-likeness (QED) is 0.648. The average molecular weight is 341 g/mol. The summed E-state index contributed by atoms with van der Waals surface area (Å²) in [5, 5.41) is 3.17. The molecule has 0 fully saturated rings. The van der Waals surface area contributed by atoms with Crippen LogP contribution in [-0.2, 0) is 0 Å². The maximum absolute atomic E-state index is 12.1. The minimum absolute atomic E-state index is 0.253. The van der Waals surface area contributed by atoms with Gasteiger partial charge in [-0.15, -0.1) is 0 Å². The Balaban J connectivity index is 2.22. The Bertz CT molecular complexity index is 626. The molecule has 2 aromatic rings. The molecule has 0 spiro atoms. The van der Waals surface area contributed by atoms with Crippen molar-refractivity contribution in [3.8, 4) is 0 Å². The molecule has 0 aliphatic heterocycles. The summed E-state index contributed by atoms with van der Waals surface area (Å²) in [6.07, 6.45) is 1.51. The van der Waals surface area contributed by atoms with Crippen LogP contribution in [0.25, 0.3) is 0 Å². The number of halogens is 2. The van der Waals surface area contributed by atoms with E-state index in [0.29, 0.717) is 22.1 Å². The minimum Gasteiger partial charge on any atom is -0.399 e. The number of benzene rings is 1. The summed E-state index contributed by atoms with van der Waals surface area (Å²) >= 11 is 9.13. The number of pyridine rings is 1. The minimum atomic E-state index is -0.253. The highest BCUT2D eigenvalue weighted by Crippen LogP contribution is 2.20. The summed E-state index contributed by atoms with van der Waals surface area (Å²) in [6, 6.07) is 6.79. The van der Waals surface area contributed by atoms with Crippen molar-refractivity contribution in [1.29, 1.82) is 0 Å². The van der Waals surface area contributed by atoms with Gasteiger partial charge in [-0.1, -0.05) is 27.5 Å². The van der Waals surface area contributed by atoms with Crippen molar-refractivity contribution in [1.82, 2.24) is 4.98 Å². The van der Waals surface area contributed by atoms with Crippen LogP contribution in [-0.4, -0.2) is 10.9 Å². The zero-order chi connectivity index (χ0) is 14.0. The number of nitrogens with zero attached hydrogens (tertiary/aromatic N) is 1. The van der Waals surface area contributed by atoms with Crippen LogP contribution in [0.5, 0.6) is 0 Å². The van der Waals surface area contributed by atoms with Gasteiger partial charge in [-0.05, 0) is 36.8 Å². The third-order valence-corrected chi connectivity index (χ3v) is 3.31. The maximum atomic E-state index is 12.1. The first-order chi connectivity index (χ1) is 8.95. The highest BCUT2D eigenvalue weighted by Gasteiger charge is 2.09. The number of carbonyl (C=O) groups is 1. The zero-order valence-electron chi connectivity index (χ0n) is 10.1. The van der Waals surface area contributed by atoms with E-state index in [1.807, 2.05) is 6.92 Å². The highest BCUT2D eigenvalue weighted by atomic mass is 79.9. The lowest BCUT2D eigenvalue weighted by Crippen LogP contribution is -2.12. The lowest BCUT2D eigenvalue weighted by molar-refractivity contribution is 0.102. The predicted octanol–water partition coefficient (Wildman–Crippen LogP) is 3.64. The van der Waals surface area contributed by atoms with E-state index < -0.39 is 0 Å². The van der Waals surface area contributed by atoms with E-state index in [1.54, 1.807) is 24.3 Å². The summed E-state index contributed by atoms with van der Waals surface area (Å²) in [5.74, 6) is -0.253.